The van der Waals surface area contributed by atoms with Gasteiger partial charge in [-0.3, -0.25) is 4.90 Å². The molecule has 0 aromatic heterocycles. The molecular weight excluding hydrogens is 336 g/mol. The van der Waals surface area contributed by atoms with Gasteiger partial charge in [-0.25, -0.2) is 4.99 Å². The summed E-state index contributed by atoms with van der Waals surface area (Å²) >= 11 is 0. The van der Waals surface area contributed by atoms with Gasteiger partial charge in [0.15, 0.2) is 5.96 Å². The summed E-state index contributed by atoms with van der Waals surface area (Å²) in [6.07, 6.45) is 0. The van der Waals surface area contributed by atoms with E-state index in [1.54, 1.807) is 0 Å². The number of rotatable bonds is 7. The highest BCUT2D eigenvalue weighted by atomic mass is 16.5. The van der Waals surface area contributed by atoms with Gasteiger partial charge in [-0.2, -0.15) is 0 Å². The number of aliphatic imine (C=N–C) groups is 1. The van der Waals surface area contributed by atoms with E-state index in [1.165, 1.54) is 16.7 Å². The molecule has 0 saturated carbocycles. The second kappa shape index (κ2) is 10.7. The molecule has 0 atom stereocenters. The number of nitrogens with one attached hydrogen (secondary N) is 2. The van der Waals surface area contributed by atoms with E-state index in [9.17, 15) is 0 Å². The third-order valence-electron chi connectivity index (χ3n) is 4.57. The Morgan fingerprint density at radius 2 is 1.70 bits per heavy atom. The molecule has 0 radical (unpaired) electrons. The number of benzene rings is 2. The van der Waals surface area contributed by atoms with Crippen LogP contribution in [0.15, 0.2) is 59.6 Å². The molecule has 2 N–H and O–H groups in total. The summed E-state index contributed by atoms with van der Waals surface area (Å²) in [6, 6.07) is 19.1. The predicted octanol–water partition coefficient (Wildman–Crippen LogP) is 2.77. The van der Waals surface area contributed by atoms with E-state index in [1.807, 2.05) is 6.07 Å². The van der Waals surface area contributed by atoms with Crippen LogP contribution in [0.5, 0.6) is 0 Å². The minimum absolute atomic E-state index is 0.668. The molecule has 1 aliphatic heterocycles. The van der Waals surface area contributed by atoms with Crippen LogP contribution in [-0.2, 0) is 24.4 Å². The zero-order valence-corrected chi connectivity index (χ0v) is 16.2. The summed E-state index contributed by atoms with van der Waals surface area (Å²) in [5, 5.41) is 6.72. The summed E-state index contributed by atoms with van der Waals surface area (Å²) in [5.41, 5.74) is 3.82. The predicted molar refractivity (Wildman–Crippen MR) is 111 cm³/mol. The van der Waals surface area contributed by atoms with Crippen molar-refractivity contribution < 1.29 is 4.74 Å². The van der Waals surface area contributed by atoms with Crippen molar-refractivity contribution in [1.29, 1.82) is 0 Å². The molecule has 1 heterocycles. The van der Waals surface area contributed by atoms with Crippen LogP contribution in [0.2, 0.25) is 0 Å². The Balaban J connectivity index is 1.57. The van der Waals surface area contributed by atoms with E-state index in [-0.39, 0.29) is 0 Å². The number of guanidine groups is 1. The summed E-state index contributed by atoms with van der Waals surface area (Å²) in [6.45, 7) is 9.04. The van der Waals surface area contributed by atoms with Gasteiger partial charge in [0, 0.05) is 32.7 Å². The van der Waals surface area contributed by atoms with Gasteiger partial charge >= 0.3 is 0 Å². The highest BCUT2D eigenvalue weighted by Gasteiger charge is 2.10. The Bertz CT molecular complexity index is 711. The summed E-state index contributed by atoms with van der Waals surface area (Å²) in [5.74, 6) is 0.847. The first-order valence-corrected chi connectivity index (χ1v) is 9.77. The monoisotopic (exact) mass is 366 g/mol. The maximum Gasteiger partial charge on any atom is 0.191 e. The molecule has 144 valence electrons. The fourth-order valence-electron chi connectivity index (χ4n) is 3.14. The lowest BCUT2D eigenvalue weighted by molar-refractivity contribution is 0.0342. The highest BCUT2D eigenvalue weighted by molar-refractivity contribution is 5.79. The van der Waals surface area contributed by atoms with Gasteiger partial charge in [0.25, 0.3) is 0 Å². The fraction of sp³-hybridized carbons (Fsp3) is 0.409. The molecule has 1 aliphatic rings. The van der Waals surface area contributed by atoms with E-state index in [0.29, 0.717) is 6.54 Å². The molecule has 1 fully saturated rings. The van der Waals surface area contributed by atoms with Gasteiger partial charge in [0.2, 0.25) is 0 Å². The lowest BCUT2D eigenvalue weighted by atomic mass is 10.1. The molecule has 0 bridgehead atoms. The maximum absolute atomic E-state index is 5.43. The molecule has 0 unspecified atom stereocenters. The number of morpholine rings is 1. The quantitative estimate of drug-likeness (QED) is 0.584. The second-order valence-corrected chi connectivity index (χ2v) is 6.74. The van der Waals surface area contributed by atoms with Crippen LogP contribution >= 0.6 is 0 Å². The van der Waals surface area contributed by atoms with Crippen LogP contribution in [0.1, 0.15) is 23.6 Å². The number of ether oxygens (including phenoxy) is 1. The first kappa shape index (κ1) is 19.4. The Labute approximate surface area is 162 Å². The normalized spacial score (nSPS) is 15.5. The van der Waals surface area contributed by atoms with Crippen molar-refractivity contribution in [3.05, 3.63) is 71.3 Å². The van der Waals surface area contributed by atoms with E-state index in [4.69, 9.17) is 9.73 Å². The van der Waals surface area contributed by atoms with Crippen molar-refractivity contribution >= 4 is 5.96 Å². The van der Waals surface area contributed by atoms with E-state index in [0.717, 1.165) is 51.9 Å². The van der Waals surface area contributed by atoms with Gasteiger partial charge < -0.3 is 15.4 Å². The first-order valence-electron chi connectivity index (χ1n) is 9.77. The molecule has 0 amide bonds. The topological polar surface area (TPSA) is 48.9 Å². The van der Waals surface area contributed by atoms with Gasteiger partial charge in [0.05, 0.1) is 19.8 Å². The van der Waals surface area contributed by atoms with Crippen LogP contribution < -0.4 is 10.6 Å². The lowest BCUT2D eigenvalue weighted by Crippen LogP contribution is -2.36. The van der Waals surface area contributed by atoms with Crippen LogP contribution in [0, 0.1) is 0 Å². The van der Waals surface area contributed by atoms with Gasteiger partial charge in [0.1, 0.15) is 0 Å². The van der Waals surface area contributed by atoms with Crippen molar-refractivity contribution in [2.45, 2.75) is 26.6 Å². The van der Waals surface area contributed by atoms with Crippen molar-refractivity contribution in [3.63, 3.8) is 0 Å². The zero-order valence-electron chi connectivity index (χ0n) is 16.2. The van der Waals surface area contributed by atoms with E-state index >= 15 is 0 Å². The van der Waals surface area contributed by atoms with Gasteiger partial charge in [-0.15, -0.1) is 0 Å². The van der Waals surface area contributed by atoms with Crippen molar-refractivity contribution in [2.24, 2.45) is 4.99 Å². The Morgan fingerprint density at radius 1 is 0.963 bits per heavy atom. The first-order chi connectivity index (χ1) is 13.3. The Kier molecular flexibility index (Phi) is 7.69. The molecular formula is C22H30N4O. The van der Waals surface area contributed by atoms with E-state index < -0.39 is 0 Å². The average molecular weight is 367 g/mol. The number of hydrogen-bond donors (Lipinski definition) is 2. The van der Waals surface area contributed by atoms with Crippen LogP contribution in [0.4, 0.5) is 0 Å². The third kappa shape index (κ3) is 6.70. The lowest BCUT2D eigenvalue weighted by Gasteiger charge is -2.26. The van der Waals surface area contributed by atoms with Crippen molar-refractivity contribution in [3.8, 4) is 0 Å². The fourth-order valence-corrected chi connectivity index (χ4v) is 3.14. The molecule has 27 heavy (non-hydrogen) atoms. The molecule has 1 saturated heterocycles. The summed E-state index contributed by atoms with van der Waals surface area (Å²) in [4.78, 5) is 7.19. The van der Waals surface area contributed by atoms with E-state index in [2.05, 4.69) is 71.0 Å². The largest absolute Gasteiger partial charge is 0.379 e. The highest BCUT2D eigenvalue weighted by Crippen LogP contribution is 2.11. The zero-order chi connectivity index (χ0) is 18.7. The van der Waals surface area contributed by atoms with Crippen LogP contribution in [-0.4, -0.2) is 43.7 Å². The van der Waals surface area contributed by atoms with Crippen LogP contribution in [0.25, 0.3) is 0 Å². The van der Waals surface area contributed by atoms with Gasteiger partial charge in [-0.05, 0) is 23.6 Å². The molecule has 5 heteroatoms. The number of nitrogens with zero attached hydrogens (tertiary/aromatic N) is 2. The standard InChI is InChI=1S/C22H30N4O/c1-2-23-22(24-16-19-7-4-3-5-8-19)25-17-20-9-6-10-21(15-20)18-26-11-13-27-14-12-26/h3-10,15H,2,11-14,16-18H2,1H3,(H2,23,24,25). The van der Waals surface area contributed by atoms with Crippen LogP contribution in [0.3, 0.4) is 0 Å². The minimum atomic E-state index is 0.668. The Hall–Kier alpha value is -2.37. The SMILES string of the molecule is CCNC(=NCc1cccc(CN2CCOCC2)c1)NCc1ccccc1. The second-order valence-electron chi connectivity index (χ2n) is 6.74. The molecule has 2 aromatic carbocycles. The Morgan fingerprint density at radius 3 is 2.48 bits per heavy atom. The van der Waals surface area contributed by atoms with Crippen molar-refractivity contribution in [2.75, 3.05) is 32.8 Å². The molecule has 2 aromatic rings. The summed E-state index contributed by atoms with van der Waals surface area (Å²) < 4.78 is 5.43. The third-order valence-corrected chi connectivity index (χ3v) is 4.57. The molecule has 5 nitrogen and oxygen atoms in total. The molecule has 0 spiro atoms. The minimum Gasteiger partial charge on any atom is -0.379 e. The smallest absolute Gasteiger partial charge is 0.191 e. The van der Waals surface area contributed by atoms with Crippen molar-refractivity contribution in [1.82, 2.24) is 15.5 Å². The number of hydrogen-bond acceptors (Lipinski definition) is 3. The molecule has 3 rings (SSSR count). The van der Waals surface area contributed by atoms with Gasteiger partial charge in [-0.1, -0.05) is 54.6 Å². The average Bonchev–Trinajstić information content (AvgIpc) is 2.72. The summed E-state index contributed by atoms with van der Waals surface area (Å²) in [7, 11) is 0. The maximum atomic E-state index is 5.43. The molecule has 0 aliphatic carbocycles.